The van der Waals surface area contributed by atoms with Gasteiger partial charge in [0.05, 0.1) is 5.75 Å². The van der Waals surface area contributed by atoms with E-state index in [1.54, 1.807) is 6.92 Å². The summed E-state index contributed by atoms with van der Waals surface area (Å²) in [6, 6.07) is 9.65. The Morgan fingerprint density at radius 2 is 2.13 bits per heavy atom. The van der Waals surface area contributed by atoms with Crippen molar-refractivity contribution in [1.29, 1.82) is 0 Å². The summed E-state index contributed by atoms with van der Waals surface area (Å²) in [7, 11) is 0. The molecule has 0 radical (unpaired) electrons. The Balaban J connectivity index is 2.38. The van der Waals surface area contributed by atoms with Gasteiger partial charge in [0.2, 0.25) is 0 Å². The smallest absolute Gasteiger partial charge is 0.316 e. The Morgan fingerprint density at radius 1 is 1.47 bits per heavy atom. The van der Waals surface area contributed by atoms with Crippen molar-refractivity contribution in [2.45, 2.75) is 12.2 Å². The van der Waals surface area contributed by atoms with Crippen molar-refractivity contribution in [3.63, 3.8) is 0 Å². The van der Waals surface area contributed by atoms with Gasteiger partial charge in [-0.2, -0.15) is 0 Å². The molecule has 0 saturated heterocycles. The zero-order chi connectivity index (χ0) is 11.1. The Morgan fingerprint density at radius 3 is 2.73 bits per heavy atom. The van der Waals surface area contributed by atoms with E-state index in [2.05, 4.69) is 11.8 Å². The molecule has 1 aromatic rings. The van der Waals surface area contributed by atoms with Gasteiger partial charge in [-0.15, -0.1) is 11.8 Å². The van der Waals surface area contributed by atoms with E-state index in [4.69, 9.17) is 5.11 Å². The maximum absolute atomic E-state index is 10.5. The molecule has 1 unspecified atom stereocenters. The molecule has 0 aliphatic heterocycles. The van der Waals surface area contributed by atoms with Crippen molar-refractivity contribution < 1.29 is 9.90 Å². The van der Waals surface area contributed by atoms with E-state index < -0.39 is 11.2 Å². The Kier molecular flexibility index (Phi) is 4.79. The molecule has 0 heterocycles. The Labute approximate surface area is 93.7 Å². The van der Waals surface area contributed by atoms with E-state index in [-0.39, 0.29) is 0 Å². The van der Waals surface area contributed by atoms with Gasteiger partial charge in [0, 0.05) is 5.56 Å². The maximum atomic E-state index is 10.5. The molecular formula is C12H12O2S. The number of aliphatic carboxylic acids is 1. The van der Waals surface area contributed by atoms with Crippen molar-refractivity contribution in [3.05, 3.63) is 35.9 Å². The summed E-state index contributed by atoms with van der Waals surface area (Å²) in [5.41, 5.74) is 0.959. The van der Waals surface area contributed by atoms with Crippen LogP contribution < -0.4 is 0 Å². The van der Waals surface area contributed by atoms with Gasteiger partial charge in [-0.25, -0.2) is 0 Å². The van der Waals surface area contributed by atoms with Crippen molar-refractivity contribution >= 4 is 17.7 Å². The van der Waals surface area contributed by atoms with E-state index >= 15 is 0 Å². The first-order chi connectivity index (χ1) is 7.20. The molecule has 0 fully saturated rings. The van der Waals surface area contributed by atoms with Crippen molar-refractivity contribution in [3.8, 4) is 11.8 Å². The molecule has 1 N–H and O–H groups in total. The van der Waals surface area contributed by atoms with Crippen LogP contribution in [0, 0.1) is 11.8 Å². The van der Waals surface area contributed by atoms with E-state index in [0.29, 0.717) is 5.75 Å². The van der Waals surface area contributed by atoms with E-state index in [9.17, 15) is 4.79 Å². The van der Waals surface area contributed by atoms with Crippen molar-refractivity contribution in [2.75, 3.05) is 5.75 Å². The van der Waals surface area contributed by atoms with E-state index in [1.807, 2.05) is 30.3 Å². The van der Waals surface area contributed by atoms with E-state index in [1.165, 1.54) is 11.8 Å². The first kappa shape index (κ1) is 11.7. The first-order valence-corrected chi connectivity index (χ1v) is 5.63. The highest BCUT2D eigenvalue weighted by atomic mass is 32.2. The summed E-state index contributed by atoms with van der Waals surface area (Å²) >= 11 is 1.33. The van der Waals surface area contributed by atoms with Crippen molar-refractivity contribution in [1.82, 2.24) is 0 Å². The molecule has 1 aromatic carbocycles. The van der Waals surface area contributed by atoms with Gasteiger partial charge in [-0.3, -0.25) is 4.79 Å². The average molecular weight is 220 g/mol. The summed E-state index contributed by atoms with van der Waals surface area (Å²) in [4.78, 5) is 10.5. The first-order valence-electron chi connectivity index (χ1n) is 4.58. The number of hydrogen-bond acceptors (Lipinski definition) is 2. The molecule has 0 aliphatic carbocycles. The maximum Gasteiger partial charge on any atom is 0.316 e. The van der Waals surface area contributed by atoms with Crippen LogP contribution in [0.25, 0.3) is 0 Å². The lowest BCUT2D eigenvalue weighted by Crippen LogP contribution is -2.11. The van der Waals surface area contributed by atoms with Crippen LogP contribution in [0.2, 0.25) is 0 Å². The van der Waals surface area contributed by atoms with Crippen LogP contribution in [0.15, 0.2) is 30.3 Å². The second-order valence-electron chi connectivity index (χ2n) is 2.96. The normalized spacial score (nSPS) is 11.3. The van der Waals surface area contributed by atoms with Crippen LogP contribution in [-0.2, 0) is 4.79 Å². The molecule has 0 spiro atoms. The van der Waals surface area contributed by atoms with Gasteiger partial charge in [0.15, 0.2) is 0 Å². The fourth-order valence-electron chi connectivity index (χ4n) is 0.898. The summed E-state index contributed by atoms with van der Waals surface area (Å²) in [5, 5.41) is 8.24. The third kappa shape index (κ3) is 4.57. The molecule has 0 amide bonds. The largest absolute Gasteiger partial charge is 0.480 e. The number of rotatable bonds is 3. The quantitative estimate of drug-likeness (QED) is 0.794. The predicted octanol–water partition coefficient (Wildman–Crippen LogP) is 2.24. The highest BCUT2D eigenvalue weighted by Gasteiger charge is 2.08. The molecule has 0 aromatic heterocycles. The van der Waals surface area contributed by atoms with Crippen LogP contribution >= 0.6 is 11.8 Å². The second-order valence-corrected chi connectivity index (χ2v) is 4.29. The summed E-state index contributed by atoms with van der Waals surface area (Å²) in [6.45, 7) is 1.66. The fourth-order valence-corrected chi connectivity index (χ4v) is 1.45. The molecule has 0 saturated carbocycles. The Hall–Kier alpha value is -1.40. The minimum absolute atomic E-state index is 0.393. The number of carboxylic acid groups (broad SMARTS) is 1. The minimum atomic E-state index is -0.790. The zero-order valence-electron chi connectivity index (χ0n) is 8.43. The number of carbonyl (C=O) groups is 1. The van der Waals surface area contributed by atoms with Gasteiger partial charge in [-0.05, 0) is 19.1 Å². The highest BCUT2D eigenvalue weighted by Crippen LogP contribution is 2.08. The number of hydrogen-bond donors (Lipinski definition) is 1. The van der Waals surface area contributed by atoms with Gasteiger partial charge in [0.25, 0.3) is 0 Å². The number of thioether (sulfide) groups is 1. The molecule has 78 valence electrons. The van der Waals surface area contributed by atoms with Crippen LogP contribution in [-0.4, -0.2) is 22.1 Å². The van der Waals surface area contributed by atoms with Gasteiger partial charge in [0.1, 0.15) is 5.25 Å². The van der Waals surface area contributed by atoms with E-state index in [0.717, 1.165) is 5.56 Å². The van der Waals surface area contributed by atoms with Gasteiger partial charge < -0.3 is 5.11 Å². The molecule has 1 rings (SSSR count). The Bertz CT molecular complexity index is 376. The lowest BCUT2D eigenvalue weighted by molar-refractivity contribution is -0.136. The van der Waals surface area contributed by atoms with Crippen LogP contribution in [0.3, 0.4) is 0 Å². The minimum Gasteiger partial charge on any atom is -0.480 e. The molecule has 0 bridgehead atoms. The summed E-state index contributed by atoms with van der Waals surface area (Å²) in [5.74, 6) is 5.67. The summed E-state index contributed by atoms with van der Waals surface area (Å²) < 4.78 is 0. The lowest BCUT2D eigenvalue weighted by atomic mass is 10.2. The SMILES string of the molecule is CC(SCC#Cc1ccccc1)C(=O)O. The molecule has 1 atom stereocenters. The third-order valence-electron chi connectivity index (χ3n) is 1.76. The summed E-state index contributed by atoms with van der Waals surface area (Å²) in [6.07, 6.45) is 0. The molecule has 2 nitrogen and oxygen atoms in total. The van der Waals surface area contributed by atoms with Crippen LogP contribution in [0.5, 0.6) is 0 Å². The number of carboxylic acids is 1. The lowest BCUT2D eigenvalue weighted by Gasteiger charge is -2.00. The topological polar surface area (TPSA) is 37.3 Å². The van der Waals surface area contributed by atoms with Crippen LogP contribution in [0.1, 0.15) is 12.5 Å². The monoisotopic (exact) mass is 220 g/mol. The number of benzene rings is 1. The van der Waals surface area contributed by atoms with Crippen LogP contribution in [0.4, 0.5) is 0 Å². The van der Waals surface area contributed by atoms with Gasteiger partial charge in [-0.1, -0.05) is 30.0 Å². The molecule has 3 heteroatoms. The second kappa shape index (κ2) is 6.15. The highest BCUT2D eigenvalue weighted by molar-refractivity contribution is 8.00. The average Bonchev–Trinajstić information content (AvgIpc) is 2.25. The molecule has 15 heavy (non-hydrogen) atoms. The standard InChI is InChI=1S/C12H12O2S/c1-10(12(13)14)15-9-5-8-11-6-3-2-4-7-11/h2-4,6-7,10H,9H2,1H3,(H,13,14). The zero-order valence-corrected chi connectivity index (χ0v) is 9.25. The van der Waals surface area contributed by atoms with Gasteiger partial charge >= 0.3 is 5.97 Å². The predicted molar refractivity (Wildman–Crippen MR) is 62.9 cm³/mol. The van der Waals surface area contributed by atoms with Crippen molar-refractivity contribution in [2.24, 2.45) is 0 Å². The fraction of sp³-hybridized carbons (Fsp3) is 0.250. The molecular weight excluding hydrogens is 208 g/mol. The third-order valence-corrected chi connectivity index (χ3v) is 2.77. The molecule has 0 aliphatic rings.